The molecule has 0 amide bonds. The van der Waals surface area contributed by atoms with Crippen LogP contribution >= 0.6 is 11.3 Å². The van der Waals surface area contributed by atoms with Gasteiger partial charge in [-0.2, -0.15) is 0 Å². The summed E-state index contributed by atoms with van der Waals surface area (Å²) in [5, 5.41) is 5.94. The molecule has 0 spiro atoms. The van der Waals surface area contributed by atoms with Gasteiger partial charge in [-0.25, -0.2) is 9.37 Å². The molecule has 3 nitrogen and oxygen atoms in total. The summed E-state index contributed by atoms with van der Waals surface area (Å²) in [5.74, 6) is -0.358. The van der Waals surface area contributed by atoms with Crippen LogP contribution in [0.1, 0.15) is 0 Å². The lowest BCUT2D eigenvalue weighted by atomic mass is 9.98. The minimum absolute atomic E-state index is 0.117. The monoisotopic (exact) mass is 394 g/mol. The Hall–Kier alpha value is -3.57. The van der Waals surface area contributed by atoms with Gasteiger partial charge in [-0.15, -0.1) is 11.3 Å². The lowest BCUT2D eigenvalue weighted by molar-refractivity contribution is 0.629. The number of hydrogen-bond acceptors (Lipinski definition) is 3. The normalized spacial score (nSPS) is 12.4. The minimum atomic E-state index is -0.358. The summed E-state index contributed by atoms with van der Waals surface area (Å²) in [5.41, 5.74) is 1.58. The second-order valence-electron chi connectivity index (χ2n) is 7.33. The van der Waals surface area contributed by atoms with Gasteiger partial charge in [0.15, 0.2) is 0 Å². The molecule has 0 bridgehead atoms. The fraction of sp³-hybridized carbons (Fsp3) is 0. The smallest absolute Gasteiger partial charge is 0.264 e. The Balaban J connectivity index is 1.84. The van der Waals surface area contributed by atoms with Crippen LogP contribution in [0.4, 0.5) is 4.39 Å². The van der Waals surface area contributed by atoms with Gasteiger partial charge in [0.25, 0.3) is 5.56 Å². The van der Waals surface area contributed by atoms with Crippen LogP contribution in [-0.2, 0) is 0 Å². The average Bonchev–Trinajstić information content (AvgIpc) is 3.12. The number of rotatable bonds is 0. The van der Waals surface area contributed by atoms with Crippen LogP contribution in [0, 0.1) is 5.82 Å². The van der Waals surface area contributed by atoms with E-state index in [1.54, 1.807) is 21.8 Å². The van der Waals surface area contributed by atoms with E-state index in [9.17, 15) is 9.18 Å². The predicted molar refractivity (Wildman–Crippen MR) is 118 cm³/mol. The average molecular weight is 394 g/mol. The molecular weight excluding hydrogens is 383 g/mol. The summed E-state index contributed by atoms with van der Waals surface area (Å²) in [6, 6.07) is 20.8. The number of halogens is 1. The van der Waals surface area contributed by atoms with Gasteiger partial charge in [0.05, 0.1) is 11.0 Å². The predicted octanol–water partition coefficient (Wildman–Crippen LogP) is 6.10. The van der Waals surface area contributed by atoms with E-state index in [0.29, 0.717) is 22.1 Å². The van der Waals surface area contributed by atoms with E-state index < -0.39 is 0 Å². The molecule has 7 aromatic rings. The second-order valence-corrected chi connectivity index (χ2v) is 8.41. The zero-order chi connectivity index (χ0) is 19.3. The van der Waals surface area contributed by atoms with E-state index in [0.717, 1.165) is 26.2 Å². The lowest BCUT2D eigenvalue weighted by Gasteiger charge is -2.13. The fourth-order valence-corrected chi connectivity index (χ4v) is 5.72. The first-order valence-corrected chi connectivity index (χ1v) is 10.1. The van der Waals surface area contributed by atoms with Gasteiger partial charge < -0.3 is 0 Å². The van der Waals surface area contributed by atoms with Crippen molar-refractivity contribution < 1.29 is 4.39 Å². The molecule has 3 aromatic heterocycles. The molecule has 0 atom stereocenters. The highest BCUT2D eigenvalue weighted by molar-refractivity contribution is 7.25. The number of fused-ring (bicyclic) bond motifs is 6. The molecule has 7 rings (SSSR count). The SMILES string of the molecule is O=c1c2ccc3c4ccccc4sc4ccc(c2c43)c2nc3cc(F)ccc3n12. The molecule has 0 saturated heterocycles. The van der Waals surface area contributed by atoms with Crippen molar-refractivity contribution in [1.29, 1.82) is 0 Å². The fourth-order valence-electron chi connectivity index (χ4n) is 4.59. The van der Waals surface area contributed by atoms with Crippen molar-refractivity contribution in [2.45, 2.75) is 0 Å². The molecule has 0 N–H and O–H groups in total. The maximum absolute atomic E-state index is 13.8. The Morgan fingerprint density at radius 2 is 1.62 bits per heavy atom. The van der Waals surface area contributed by atoms with Gasteiger partial charge in [0.2, 0.25) is 0 Å². The zero-order valence-corrected chi connectivity index (χ0v) is 15.8. The molecule has 136 valence electrons. The molecule has 0 fully saturated rings. The molecule has 29 heavy (non-hydrogen) atoms. The van der Waals surface area contributed by atoms with Gasteiger partial charge in [-0.1, -0.05) is 24.3 Å². The van der Waals surface area contributed by atoms with Crippen molar-refractivity contribution in [3.05, 3.63) is 82.9 Å². The second kappa shape index (κ2) is 5.07. The van der Waals surface area contributed by atoms with Crippen molar-refractivity contribution in [2.75, 3.05) is 0 Å². The molecule has 0 aliphatic rings. The lowest BCUT2D eigenvalue weighted by Crippen LogP contribution is -2.13. The molecule has 0 radical (unpaired) electrons. The van der Waals surface area contributed by atoms with E-state index in [-0.39, 0.29) is 11.4 Å². The van der Waals surface area contributed by atoms with E-state index in [4.69, 9.17) is 0 Å². The molecule has 0 saturated carbocycles. The Labute approximate surface area is 166 Å². The summed E-state index contributed by atoms with van der Waals surface area (Å²) in [4.78, 5) is 18.1. The van der Waals surface area contributed by atoms with Crippen LogP contribution in [0.3, 0.4) is 0 Å². The van der Waals surface area contributed by atoms with Crippen LogP contribution < -0.4 is 5.56 Å². The largest absolute Gasteiger partial charge is 0.268 e. The van der Waals surface area contributed by atoms with Crippen molar-refractivity contribution in [2.24, 2.45) is 0 Å². The number of aromatic nitrogens is 2. The Morgan fingerprint density at radius 1 is 0.793 bits per heavy atom. The molecular formula is C24H11FN2OS. The third-order valence-corrected chi connectivity index (χ3v) is 6.95. The number of pyridine rings is 1. The third kappa shape index (κ3) is 1.81. The highest BCUT2D eigenvalue weighted by Crippen LogP contribution is 2.41. The van der Waals surface area contributed by atoms with Gasteiger partial charge in [0, 0.05) is 37.0 Å². The van der Waals surface area contributed by atoms with E-state index in [1.165, 1.54) is 22.2 Å². The van der Waals surface area contributed by atoms with Crippen molar-refractivity contribution in [3.63, 3.8) is 0 Å². The molecule has 0 unspecified atom stereocenters. The van der Waals surface area contributed by atoms with E-state index in [2.05, 4.69) is 23.2 Å². The number of nitrogens with zero attached hydrogens (tertiary/aromatic N) is 2. The molecule has 0 aliphatic carbocycles. The molecule has 5 heteroatoms. The summed E-state index contributed by atoms with van der Waals surface area (Å²) in [7, 11) is 0. The van der Waals surface area contributed by atoms with Gasteiger partial charge >= 0.3 is 0 Å². The molecule has 0 aliphatic heterocycles. The highest BCUT2D eigenvalue weighted by atomic mass is 32.1. The van der Waals surface area contributed by atoms with Crippen LogP contribution in [-0.4, -0.2) is 9.38 Å². The van der Waals surface area contributed by atoms with Crippen LogP contribution in [0.25, 0.3) is 58.4 Å². The Kier molecular flexibility index (Phi) is 2.69. The zero-order valence-electron chi connectivity index (χ0n) is 14.9. The number of benzene rings is 4. The van der Waals surface area contributed by atoms with Gasteiger partial charge in [0.1, 0.15) is 11.5 Å². The Morgan fingerprint density at radius 3 is 2.55 bits per heavy atom. The molecule has 3 heterocycles. The maximum Gasteiger partial charge on any atom is 0.264 e. The van der Waals surface area contributed by atoms with E-state index in [1.807, 2.05) is 30.3 Å². The quantitative estimate of drug-likeness (QED) is 0.230. The number of imidazole rings is 1. The van der Waals surface area contributed by atoms with Crippen LogP contribution in [0.2, 0.25) is 0 Å². The minimum Gasteiger partial charge on any atom is -0.268 e. The Bertz CT molecular complexity index is 1850. The highest BCUT2D eigenvalue weighted by Gasteiger charge is 2.19. The first-order valence-electron chi connectivity index (χ1n) is 9.31. The summed E-state index contributed by atoms with van der Waals surface area (Å²) in [6.07, 6.45) is 0. The summed E-state index contributed by atoms with van der Waals surface area (Å²) in [6.45, 7) is 0. The maximum atomic E-state index is 13.8. The van der Waals surface area contributed by atoms with Crippen molar-refractivity contribution >= 4 is 69.7 Å². The van der Waals surface area contributed by atoms with E-state index >= 15 is 0 Å². The third-order valence-electron chi connectivity index (χ3n) is 5.81. The van der Waals surface area contributed by atoms with Gasteiger partial charge in [-0.3, -0.25) is 9.20 Å². The van der Waals surface area contributed by atoms with Crippen LogP contribution in [0.15, 0.2) is 71.5 Å². The van der Waals surface area contributed by atoms with Crippen molar-refractivity contribution in [3.8, 4) is 0 Å². The number of hydrogen-bond donors (Lipinski definition) is 0. The summed E-state index contributed by atoms with van der Waals surface area (Å²) < 4.78 is 17.7. The van der Waals surface area contributed by atoms with Crippen molar-refractivity contribution in [1.82, 2.24) is 9.38 Å². The first-order chi connectivity index (χ1) is 14.2. The first kappa shape index (κ1) is 15.4. The summed E-state index contributed by atoms with van der Waals surface area (Å²) >= 11 is 1.73. The molecule has 4 aromatic carbocycles. The topological polar surface area (TPSA) is 34.4 Å². The standard InChI is InChI=1S/C24H11FN2OS/c25-12-5-9-18-17(11-12)26-23-15-8-10-20-22-14(13-3-1-2-4-19(13)29-20)6-7-16(21(15)22)24(28)27(18)23/h1-11H. The van der Waals surface area contributed by atoms with Gasteiger partial charge in [-0.05, 0) is 47.2 Å². The van der Waals surface area contributed by atoms with Crippen LogP contribution in [0.5, 0.6) is 0 Å².